The van der Waals surface area contributed by atoms with Gasteiger partial charge in [-0.05, 0) is 25.8 Å². The minimum atomic E-state index is 0.751. The molecule has 2 atom stereocenters. The molecule has 1 N–H and O–H groups in total. The fraction of sp³-hybridized carbons (Fsp3) is 1.00. The highest BCUT2D eigenvalue weighted by molar-refractivity contribution is 8.00. The molecule has 0 aliphatic carbocycles. The van der Waals surface area contributed by atoms with E-state index in [1.807, 2.05) is 0 Å². The molecule has 0 saturated carbocycles. The zero-order chi connectivity index (χ0) is 11.8. The molecule has 1 aliphatic heterocycles. The van der Waals surface area contributed by atoms with Gasteiger partial charge in [-0.2, -0.15) is 11.8 Å². The Bertz CT molecular complexity index is 175. The minimum Gasteiger partial charge on any atom is -0.315 e. The first-order valence-corrected chi connectivity index (χ1v) is 7.93. The number of nitrogens with one attached hydrogen (secondary N) is 1. The van der Waals surface area contributed by atoms with Crippen LogP contribution in [0, 0.1) is 0 Å². The van der Waals surface area contributed by atoms with E-state index >= 15 is 0 Å². The smallest absolute Gasteiger partial charge is 0.0218 e. The molecule has 2 unspecified atom stereocenters. The Morgan fingerprint density at radius 1 is 1.38 bits per heavy atom. The van der Waals surface area contributed by atoms with Crippen molar-refractivity contribution < 1.29 is 0 Å². The van der Waals surface area contributed by atoms with Crippen molar-refractivity contribution >= 4 is 11.8 Å². The largest absolute Gasteiger partial charge is 0.315 e. The molecular weight excluding hydrogens is 216 g/mol. The molecule has 0 bridgehead atoms. The van der Waals surface area contributed by atoms with Gasteiger partial charge in [0.15, 0.2) is 0 Å². The van der Waals surface area contributed by atoms with Gasteiger partial charge in [-0.25, -0.2) is 0 Å². The van der Waals surface area contributed by atoms with E-state index in [-0.39, 0.29) is 0 Å². The van der Waals surface area contributed by atoms with Crippen LogP contribution >= 0.6 is 11.8 Å². The molecule has 1 rings (SSSR count). The van der Waals surface area contributed by atoms with Crippen LogP contribution in [0.25, 0.3) is 0 Å². The Balaban J connectivity index is 2.32. The number of hydrogen-bond donors (Lipinski definition) is 1. The number of thioether (sulfide) groups is 1. The summed E-state index contributed by atoms with van der Waals surface area (Å²) in [5.41, 5.74) is 0. The van der Waals surface area contributed by atoms with E-state index in [2.05, 4.69) is 42.7 Å². The first-order chi connectivity index (χ1) is 7.81. The quantitative estimate of drug-likeness (QED) is 0.693. The van der Waals surface area contributed by atoms with Crippen molar-refractivity contribution in [3.63, 3.8) is 0 Å². The zero-order valence-electron chi connectivity index (χ0n) is 11.2. The van der Waals surface area contributed by atoms with E-state index in [0.717, 1.165) is 17.8 Å². The maximum Gasteiger partial charge on any atom is 0.0218 e. The van der Waals surface area contributed by atoms with Crippen molar-refractivity contribution in [2.24, 2.45) is 0 Å². The van der Waals surface area contributed by atoms with E-state index in [9.17, 15) is 0 Å². The van der Waals surface area contributed by atoms with Gasteiger partial charge in [-0.3, -0.25) is 4.90 Å². The molecule has 3 heteroatoms. The molecule has 1 saturated heterocycles. The molecule has 0 spiro atoms. The Hall–Kier alpha value is 0.270. The molecule has 1 heterocycles. The highest BCUT2D eigenvalue weighted by atomic mass is 32.2. The summed E-state index contributed by atoms with van der Waals surface area (Å²) in [6.45, 7) is 11.8. The van der Waals surface area contributed by atoms with Crippen molar-refractivity contribution in [1.82, 2.24) is 10.2 Å². The maximum absolute atomic E-state index is 3.57. The van der Waals surface area contributed by atoms with Crippen LogP contribution in [0.4, 0.5) is 0 Å². The lowest BCUT2D eigenvalue weighted by molar-refractivity contribution is 0.192. The normalized spacial score (nSPS) is 24.6. The van der Waals surface area contributed by atoms with Crippen LogP contribution in [0.5, 0.6) is 0 Å². The summed E-state index contributed by atoms with van der Waals surface area (Å²) < 4.78 is 0. The lowest BCUT2D eigenvalue weighted by Gasteiger charge is -2.37. The van der Waals surface area contributed by atoms with Gasteiger partial charge >= 0.3 is 0 Å². The summed E-state index contributed by atoms with van der Waals surface area (Å²) >= 11 is 2.16. The van der Waals surface area contributed by atoms with Gasteiger partial charge in [0.05, 0.1) is 0 Å². The van der Waals surface area contributed by atoms with E-state index in [1.165, 1.54) is 44.6 Å². The number of hydrogen-bond acceptors (Lipinski definition) is 3. The average molecular weight is 244 g/mol. The summed E-state index contributed by atoms with van der Waals surface area (Å²) in [6.07, 6.45) is 3.83. The molecule has 1 aliphatic rings. The molecule has 0 aromatic rings. The van der Waals surface area contributed by atoms with Gasteiger partial charge in [0.1, 0.15) is 0 Å². The maximum atomic E-state index is 3.57. The summed E-state index contributed by atoms with van der Waals surface area (Å²) in [4.78, 5) is 2.70. The van der Waals surface area contributed by atoms with Gasteiger partial charge in [-0.15, -0.1) is 0 Å². The van der Waals surface area contributed by atoms with Crippen molar-refractivity contribution in [3.05, 3.63) is 0 Å². The molecule has 0 aromatic carbocycles. The molecule has 2 nitrogen and oxygen atoms in total. The van der Waals surface area contributed by atoms with Gasteiger partial charge in [-0.1, -0.05) is 20.8 Å². The predicted octanol–water partition coefficient (Wildman–Crippen LogP) is 2.59. The lowest BCUT2D eigenvalue weighted by Crippen LogP contribution is -2.48. The van der Waals surface area contributed by atoms with Crippen LogP contribution in [0.3, 0.4) is 0 Å². The fourth-order valence-corrected chi connectivity index (χ4v) is 3.50. The Kier molecular flexibility index (Phi) is 7.50. The van der Waals surface area contributed by atoms with Crippen LogP contribution in [-0.4, -0.2) is 48.1 Å². The van der Waals surface area contributed by atoms with Crippen LogP contribution in [0.2, 0.25) is 0 Å². The second kappa shape index (κ2) is 8.37. The molecule has 96 valence electrons. The fourth-order valence-electron chi connectivity index (χ4n) is 2.30. The first-order valence-electron chi connectivity index (χ1n) is 6.88. The monoisotopic (exact) mass is 244 g/mol. The van der Waals surface area contributed by atoms with Crippen LogP contribution < -0.4 is 5.32 Å². The van der Waals surface area contributed by atoms with Gasteiger partial charge in [0.2, 0.25) is 0 Å². The van der Waals surface area contributed by atoms with Gasteiger partial charge < -0.3 is 5.32 Å². The van der Waals surface area contributed by atoms with E-state index in [1.54, 1.807) is 0 Å². The van der Waals surface area contributed by atoms with E-state index in [4.69, 9.17) is 0 Å². The summed E-state index contributed by atoms with van der Waals surface area (Å²) in [6, 6.07) is 0.751. The second-order valence-electron chi connectivity index (χ2n) is 4.66. The van der Waals surface area contributed by atoms with Crippen molar-refractivity contribution in [2.45, 2.75) is 51.3 Å². The zero-order valence-corrected chi connectivity index (χ0v) is 12.0. The number of nitrogens with zero attached hydrogens (tertiary/aromatic N) is 1. The van der Waals surface area contributed by atoms with Crippen LogP contribution in [0.15, 0.2) is 0 Å². The summed E-state index contributed by atoms with van der Waals surface area (Å²) in [5, 5.41) is 4.44. The SMILES string of the molecule is CCCNCC(CC)N1CCSC(CC)C1. The molecule has 1 fully saturated rings. The van der Waals surface area contributed by atoms with E-state index < -0.39 is 0 Å². The van der Waals surface area contributed by atoms with Gasteiger partial charge in [0, 0.05) is 36.7 Å². The highest BCUT2D eigenvalue weighted by Crippen LogP contribution is 2.23. The van der Waals surface area contributed by atoms with Crippen molar-refractivity contribution in [2.75, 3.05) is 31.9 Å². The predicted molar refractivity (Wildman–Crippen MR) is 75.3 cm³/mol. The van der Waals surface area contributed by atoms with E-state index in [0.29, 0.717) is 0 Å². The molecule has 0 amide bonds. The van der Waals surface area contributed by atoms with Crippen LogP contribution in [-0.2, 0) is 0 Å². The number of rotatable bonds is 7. The van der Waals surface area contributed by atoms with Crippen LogP contribution in [0.1, 0.15) is 40.0 Å². The molecule has 16 heavy (non-hydrogen) atoms. The molecule has 0 radical (unpaired) electrons. The highest BCUT2D eigenvalue weighted by Gasteiger charge is 2.23. The summed E-state index contributed by atoms with van der Waals surface area (Å²) in [5.74, 6) is 1.32. The van der Waals surface area contributed by atoms with Crippen molar-refractivity contribution in [3.8, 4) is 0 Å². The third-order valence-electron chi connectivity index (χ3n) is 3.42. The second-order valence-corrected chi connectivity index (χ2v) is 6.07. The third-order valence-corrected chi connectivity index (χ3v) is 4.79. The summed E-state index contributed by atoms with van der Waals surface area (Å²) in [7, 11) is 0. The topological polar surface area (TPSA) is 15.3 Å². The average Bonchev–Trinajstić information content (AvgIpc) is 2.35. The minimum absolute atomic E-state index is 0.751. The third kappa shape index (κ3) is 4.64. The Morgan fingerprint density at radius 3 is 2.81 bits per heavy atom. The Labute approximate surface area is 106 Å². The lowest BCUT2D eigenvalue weighted by atomic mass is 10.1. The first kappa shape index (κ1) is 14.3. The molecule has 0 aromatic heterocycles. The molecular formula is C13H28N2S. The Morgan fingerprint density at radius 2 is 2.19 bits per heavy atom. The standard InChI is InChI=1S/C13H28N2S/c1-4-7-14-10-12(5-2)15-8-9-16-13(6-3)11-15/h12-14H,4-11H2,1-3H3. The van der Waals surface area contributed by atoms with Crippen molar-refractivity contribution in [1.29, 1.82) is 0 Å². The van der Waals surface area contributed by atoms with Gasteiger partial charge in [0.25, 0.3) is 0 Å².